The van der Waals surface area contributed by atoms with Crippen molar-refractivity contribution in [1.82, 2.24) is 5.32 Å². The lowest BCUT2D eigenvalue weighted by Gasteiger charge is -1.95. The van der Waals surface area contributed by atoms with Crippen molar-refractivity contribution < 1.29 is 4.79 Å². The molecule has 1 fully saturated rings. The fourth-order valence-corrected chi connectivity index (χ4v) is 1.66. The zero-order valence-electron chi connectivity index (χ0n) is 7.30. The molecule has 1 rings (SSSR count). The number of amides is 1. The van der Waals surface area contributed by atoms with Gasteiger partial charge in [0.05, 0.1) is 5.75 Å². The summed E-state index contributed by atoms with van der Waals surface area (Å²) < 4.78 is 0. The number of aliphatic imine (C=N–C) groups is 1. The number of nitrogens with one attached hydrogen (secondary N) is 1. The SMILES string of the molecule is CCCCC/N=C1/NC(=O)CS1. The van der Waals surface area contributed by atoms with Gasteiger partial charge in [-0.25, -0.2) is 0 Å². The van der Waals surface area contributed by atoms with Crippen LogP contribution in [-0.4, -0.2) is 23.4 Å². The average Bonchev–Trinajstić information content (AvgIpc) is 2.45. The van der Waals surface area contributed by atoms with Gasteiger partial charge in [0, 0.05) is 6.54 Å². The smallest absolute Gasteiger partial charge is 0.236 e. The van der Waals surface area contributed by atoms with E-state index in [-0.39, 0.29) is 5.91 Å². The summed E-state index contributed by atoms with van der Waals surface area (Å²) in [4.78, 5) is 15.0. The Morgan fingerprint density at radius 3 is 3.00 bits per heavy atom. The van der Waals surface area contributed by atoms with Gasteiger partial charge in [0.1, 0.15) is 0 Å². The Morgan fingerprint density at radius 1 is 1.58 bits per heavy atom. The highest BCUT2D eigenvalue weighted by atomic mass is 32.2. The minimum atomic E-state index is 0.0780. The summed E-state index contributed by atoms with van der Waals surface area (Å²) in [5.41, 5.74) is 0. The molecule has 1 aliphatic heterocycles. The molecule has 1 N–H and O–H groups in total. The lowest BCUT2D eigenvalue weighted by Crippen LogP contribution is -2.20. The molecule has 1 amide bonds. The summed E-state index contributed by atoms with van der Waals surface area (Å²) in [6, 6.07) is 0. The normalized spacial score (nSPS) is 20.1. The number of nitrogens with zero attached hydrogens (tertiary/aromatic N) is 1. The number of hydrogen-bond donors (Lipinski definition) is 1. The van der Waals surface area contributed by atoms with Gasteiger partial charge in [0.15, 0.2) is 5.17 Å². The molecular formula is C8H14N2OS. The maximum absolute atomic E-state index is 10.7. The third kappa shape index (κ3) is 3.26. The minimum absolute atomic E-state index is 0.0780. The average molecular weight is 186 g/mol. The Balaban J connectivity index is 2.15. The molecule has 0 aliphatic carbocycles. The van der Waals surface area contributed by atoms with Crippen LogP contribution >= 0.6 is 11.8 Å². The first-order chi connectivity index (χ1) is 5.83. The van der Waals surface area contributed by atoms with Crippen LogP contribution in [0, 0.1) is 0 Å². The molecule has 3 nitrogen and oxygen atoms in total. The highest BCUT2D eigenvalue weighted by Crippen LogP contribution is 2.08. The van der Waals surface area contributed by atoms with Gasteiger partial charge in [-0.15, -0.1) is 0 Å². The Labute approximate surface area is 77.0 Å². The maximum Gasteiger partial charge on any atom is 0.236 e. The highest BCUT2D eigenvalue weighted by molar-refractivity contribution is 8.15. The molecule has 1 heterocycles. The van der Waals surface area contributed by atoms with Crippen LogP contribution in [0.2, 0.25) is 0 Å². The summed E-state index contributed by atoms with van der Waals surface area (Å²) in [7, 11) is 0. The Morgan fingerprint density at radius 2 is 2.42 bits per heavy atom. The van der Waals surface area contributed by atoms with Crippen molar-refractivity contribution >= 4 is 22.8 Å². The fraction of sp³-hybridized carbons (Fsp3) is 0.750. The van der Waals surface area contributed by atoms with Crippen molar-refractivity contribution in [2.24, 2.45) is 4.99 Å². The highest BCUT2D eigenvalue weighted by Gasteiger charge is 2.15. The molecule has 0 aromatic heterocycles. The lowest BCUT2D eigenvalue weighted by atomic mass is 10.2. The second-order valence-electron chi connectivity index (χ2n) is 2.73. The summed E-state index contributed by atoms with van der Waals surface area (Å²) >= 11 is 1.50. The minimum Gasteiger partial charge on any atom is -0.305 e. The van der Waals surface area contributed by atoms with Crippen molar-refractivity contribution in [2.75, 3.05) is 12.3 Å². The van der Waals surface area contributed by atoms with Gasteiger partial charge in [-0.3, -0.25) is 9.79 Å². The van der Waals surface area contributed by atoms with Crippen molar-refractivity contribution in [3.8, 4) is 0 Å². The third-order valence-electron chi connectivity index (χ3n) is 1.60. The van der Waals surface area contributed by atoms with Crippen LogP contribution in [0.3, 0.4) is 0 Å². The molecular weight excluding hydrogens is 172 g/mol. The molecule has 0 aromatic carbocycles. The summed E-state index contributed by atoms with van der Waals surface area (Å²) in [6.45, 7) is 3.01. The van der Waals surface area contributed by atoms with E-state index >= 15 is 0 Å². The van der Waals surface area contributed by atoms with Gasteiger partial charge in [0.2, 0.25) is 5.91 Å². The summed E-state index contributed by atoms with van der Waals surface area (Å²) in [6.07, 6.45) is 3.55. The van der Waals surface area contributed by atoms with Gasteiger partial charge < -0.3 is 5.32 Å². The van der Waals surface area contributed by atoms with Gasteiger partial charge in [0.25, 0.3) is 0 Å². The molecule has 1 saturated heterocycles. The first kappa shape index (κ1) is 9.58. The standard InChI is InChI=1S/C8H14N2OS/c1-2-3-4-5-9-8-10-7(11)6-12-8/h2-6H2,1H3,(H,9,10,11). The van der Waals surface area contributed by atoms with E-state index in [9.17, 15) is 4.79 Å². The molecule has 68 valence electrons. The van der Waals surface area contributed by atoms with Crippen molar-refractivity contribution in [1.29, 1.82) is 0 Å². The number of carbonyl (C=O) groups excluding carboxylic acids is 1. The van der Waals surface area contributed by atoms with Crippen molar-refractivity contribution in [3.05, 3.63) is 0 Å². The van der Waals surface area contributed by atoms with E-state index in [2.05, 4.69) is 17.2 Å². The predicted molar refractivity (Wildman–Crippen MR) is 52.4 cm³/mol. The molecule has 12 heavy (non-hydrogen) atoms. The predicted octanol–water partition coefficient (Wildman–Crippen LogP) is 1.40. The monoisotopic (exact) mass is 186 g/mol. The van der Waals surface area contributed by atoms with Crippen LogP contribution in [0.15, 0.2) is 4.99 Å². The second kappa shape index (κ2) is 5.19. The molecule has 0 unspecified atom stereocenters. The Hall–Kier alpha value is -0.510. The van der Waals surface area contributed by atoms with Crippen LogP contribution in [-0.2, 0) is 4.79 Å². The first-order valence-corrected chi connectivity index (χ1v) is 5.28. The zero-order valence-corrected chi connectivity index (χ0v) is 8.12. The van der Waals surface area contributed by atoms with E-state index in [1.165, 1.54) is 24.6 Å². The second-order valence-corrected chi connectivity index (χ2v) is 3.69. The van der Waals surface area contributed by atoms with Gasteiger partial charge in [-0.1, -0.05) is 31.5 Å². The van der Waals surface area contributed by atoms with E-state index in [1.54, 1.807) is 0 Å². The van der Waals surface area contributed by atoms with E-state index in [4.69, 9.17) is 0 Å². The van der Waals surface area contributed by atoms with Crippen LogP contribution in [0.1, 0.15) is 26.2 Å². The van der Waals surface area contributed by atoms with E-state index < -0.39 is 0 Å². The zero-order chi connectivity index (χ0) is 8.81. The molecule has 0 atom stereocenters. The number of unbranched alkanes of at least 4 members (excludes halogenated alkanes) is 2. The van der Waals surface area contributed by atoms with Gasteiger partial charge >= 0.3 is 0 Å². The van der Waals surface area contributed by atoms with Crippen LogP contribution in [0.5, 0.6) is 0 Å². The largest absolute Gasteiger partial charge is 0.305 e. The van der Waals surface area contributed by atoms with Crippen molar-refractivity contribution in [3.63, 3.8) is 0 Å². The van der Waals surface area contributed by atoms with Crippen LogP contribution < -0.4 is 5.32 Å². The molecule has 1 aliphatic rings. The number of rotatable bonds is 4. The van der Waals surface area contributed by atoms with E-state index in [1.807, 2.05) is 0 Å². The molecule has 4 heteroatoms. The van der Waals surface area contributed by atoms with Crippen LogP contribution in [0.4, 0.5) is 0 Å². The number of amidine groups is 1. The summed E-state index contributed by atoms with van der Waals surface area (Å²) in [5, 5.41) is 3.51. The first-order valence-electron chi connectivity index (χ1n) is 4.30. The molecule has 0 spiro atoms. The number of thioether (sulfide) groups is 1. The van der Waals surface area contributed by atoms with E-state index in [0.717, 1.165) is 18.1 Å². The fourth-order valence-electron chi connectivity index (χ4n) is 0.953. The lowest BCUT2D eigenvalue weighted by molar-refractivity contribution is -0.116. The Bertz CT molecular complexity index is 191. The number of hydrogen-bond acceptors (Lipinski definition) is 3. The topological polar surface area (TPSA) is 41.5 Å². The molecule has 0 bridgehead atoms. The van der Waals surface area contributed by atoms with Gasteiger partial charge in [-0.2, -0.15) is 0 Å². The van der Waals surface area contributed by atoms with Crippen molar-refractivity contribution in [2.45, 2.75) is 26.2 Å². The molecule has 0 radical (unpaired) electrons. The van der Waals surface area contributed by atoms with Crippen LogP contribution in [0.25, 0.3) is 0 Å². The van der Waals surface area contributed by atoms with E-state index in [0.29, 0.717) is 5.75 Å². The summed E-state index contributed by atoms with van der Waals surface area (Å²) in [5.74, 6) is 0.612. The quantitative estimate of drug-likeness (QED) is 0.674. The Kier molecular flexibility index (Phi) is 4.14. The number of carbonyl (C=O) groups is 1. The third-order valence-corrected chi connectivity index (χ3v) is 2.51. The maximum atomic E-state index is 10.7. The molecule has 0 aromatic rings. The molecule has 0 saturated carbocycles. The van der Waals surface area contributed by atoms with Gasteiger partial charge in [-0.05, 0) is 6.42 Å².